The molecule has 13 heteroatoms. The summed E-state index contributed by atoms with van der Waals surface area (Å²) < 4.78 is 63.3. The molecule has 32 heavy (non-hydrogen) atoms. The number of carboxylic acid groups (broad SMARTS) is 1. The molecular weight excluding hydrogens is 455 g/mol. The van der Waals surface area contributed by atoms with Crippen molar-refractivity contribution >= 4 is 21.9 Å². The minimum absolute atomic E-state index is 0.0467. The van der Waals surface area contributed by atoms with Crippen molar-refractivity contribution in [2.24, 2.45) is 0 Å². The Morgan fingerprint density at radius 2 is 1.69 bits per heavy atom. The zero-order valence-corrected chi connectivity index (χ0v) is 18.7. The fourth-order valence-electron chi connectivity index (χ4n) is 2.78. The van der Waals surface area contributed by atoms with Gasteiger partial charge in [0.1, 0.15) is 5.75 Å². The number of nitrogens with zero attached hydrogens (tertiary/aromatic N) is 2. The van der Waals surface area contributed by atoms with Gasteiger partial charge in [0.25, 0.3) is 5.91 Å². The Morgan fingerprint density at radius 3 is 2.12 bits per heavy atom. The molecule has 1 aromatic carbocycles. The average Bonchev–Trinajstić information content (AvgIpc) is 2.76. The van der Waals surface area contributed by atoms with Gasteiger partial charge in [0, 0.05) is 44.8 Å². The summed E-state index contributed by atoms with van der Waals surface area (Å²) in [7, 11) is -1.77. The van der Waals surface area contributed by atoms with Crippen molar-refractivity contribution in [2.75, 3.05) is 52.1 Å². The van der Waals surface area contributed by atoms with Crippen molar-refractivity contribution in [3.05, 3.63) is 29.8 Å². The van der Waals surface area contributed by atoms with E-state index in [0.29, 0.717) is 44.0 Å². The molecule has 0 aromatic heterocycles. The zero-order valence-electron chi connectivity index (χ0n) is 17.9. The van der Waals surface area contributed by atoms with Gasteiger partial charge in [0.05, 0.1) is 12.9 Å². The van der Waals surface area contributed by atoms with Gasteiger partial charge >= 0.3 is 12.1 Å². The maximum Gasteiger partial charge on any atom is 0.490 e. The number of aliphatic carboxylic acids is 1. The van der Waals surface area contributed by atoms with Gasteiger partial charge in [-0.3, -0.25) is 4.79 Å². The van der Waals surface area contributed by atoms with Crippen LogP contribution in [0.25, 0.3) is 0 Å². The molecule has 2 rings (SSSR count). The van der Waals surface area contributed by atoms with Gasteiger partial charge in [-0.05, 0) is 30.7 Å². The lowest BCUT2D eigenvalue weighted by molar-refractivity contribution is -0.192. The molecular formula is C19H28F3N3O6S. The number of hydrogen-bond acceptors (Lipinski definition) is 6. The normalized spacial score (nSPS) is 14.8. The van der Waals surface area contributed by atoms with Crippen LogP contribution in [-0.4, -0.2) is 92.9 Å². The monoisotopic (exact) mass is 483 g/mol. The lowest BCUT2D eigenvalue weighted by Gasteiger charge is -2.28. The van der Waals surface area contributed by atoms with Crippen LogP contribution < -0.4 is 10.1 Å². The molecule has 0 unspecified atom stereocenters. The minimum atomic E-state index is -5.08. The Bertz CT molecular complexity index is 841. The molecule has 9 nitrogen and oxygen atoms in total. The van der Waals surface area contributed by atoms with Gasteiger partial charge in [0.2, 0.25) is 10.0 Å². The highest BCUT2D eigenvalue weighted by Gasteiger charge is 2.38. The lowest BCUT2D eigenvalue weighted by Crippen LogP contribution is -2.48. The Morgan fingerprint density at radius 1 is 1.16 bits per heavy atom. The summed E-state index contributed by atoms with van der Waals surface area (Å²) in [4.78, 5) is 23.2. The topological polar surface area (TPSA) is 116 Å². The average molecular weight is 484 g/mol. The predicted octanol–water partition coefficient (Wildman–Crippen LogP) is 1.42. The number of benzene rings is 1. The second-order valence-electron chi connectivity index (χ2n) is 6.79. The molecule has 1 aliphatic rings. The first-order chi connectivity index (χ1) is 14.9. The summed E-state index contributed by atoms with van der Waals surface area (Å²) in [6, 6.07) is 6.87. The van der Waals surface area contributed by atoms with Crippen LogP contribution in [0, 0.1) is 0 Å². The van der Waals surface area contributed by atoms with Crippen LogP contribution in [0.4, 0.5) is 13.2 Å². The number of nitrogens with one attached hydrogen (secondary N) is 1. The number of alkyl halides is 3. The summed E-state index contributed by atoms with van der Waals surface area (Å²) in [5.41, 5.74) is 0.536. The standard InChI is InChI=1S/C17H27N3O4S.C2HF3O2/c1-3-10-19(17(21)15-4-6-16(24-2)7-5-15)13-14-25(22,23)20-11-8-18-9-12-20;3-2(4,5)1(6)7/h4-7,18H,3,8-14H2,1-2H3;(H,6,7). The van der Waals surface area contributed by atoms with Gasteiger partial charge in [-0.15, -0.1) is 0 Å². The van der Waals surface area contributed by atoms with Crippen molar-refractivity contribution in [1.82, 2.24) is 14.5 Å². The Balaban J connectivity index is 0.000000633. The Labute approximate surface area is 185 Å². The molecule has 0 saturated carbocycles. The fourth-order valence-corrected chi connectivity index (χ4v) is 4.23. The van der Waals surface area contributed by atoms with Gasteiger partial charge in [-0.25, -0.2) is 13.2 Å². The fraction of sp³-hybridized carbons (Fsp3) is 0.579. The van der Waals surface area contributed by atoms with Gasteiger partial charge in [0.15, 0.2) is 0 Å². The molecule has 0 radical (unpaired) electrons. The number of piperazine rings is 1. The highest BCUT2D eigenvalue weighted by molar-refractivity contribution is 7.89. The number of amides is 1. The molecule has 0 aliphatic carbocycles. The van der Waals surface area contributed by atoms with Gasteiger partial charge in [-0.1, -0.05) is 6.92 Å². The first-order valence-corrected chi connectivity index (χ1v) is 11.4. The number of rotatable bonds is 8. The molecule has 1 saturated heterocycles. The van der Waals surface area contributed by atoms with E-state index in [1.807, 2.05) is 6.92 Å². The third-order valence-corrected chi connectivity index (χ3v) is 6.30. The lowest BCUT2D eigenvalue weighted by atomic mass is 10.2. The van der Waals surface area contributed by atoms with E-state index in [4.69, 9.17) is 14.6 Å². The number of carbonyl (C=O) groups excluding carboxylic acids is 1. The van der Waals surface area contributed by atoms with Crippen molar-refractivity contribution in [2.45, 2.75) is 19.5 Å². The number of hydrogen-bond donors (Lipinski definition) is 2. The zero-order chi connectivity index (χ0) is 24.4. The van der Waals surface area contributed by atoms with Crippen LogP contribution in [0.2, 0.25) is 0 Å². The molecule has 1 heterocycles. The van der Waals surface area contributed by atoms with Crippen molar-refractivity contribution in [1.29, 1.82) is 0 Å². The van der Waals surface area contributed by atoms with Crippen molar-refractivity contribution in [3.63, 3.8) is 0 Å². The molecule has 2 N–H and O–H groups in total. The third kappa shape index (κ3) is 9.01. The quantitative estimate of drug-likeness (QED) is 0.574. The number of ether oxygens (including phenoxy) is 1. The molecule has 1 amide bonds. The predicted molar refractivity (Wildman–Crippen MR) is 111 cm³/mol. The minimum Gasteiger partial charge on any atom is -0.497 e. The van der Waals surface area contributed by atoms with E-state index < -0.39 is 22.2 Å². The summed E-state index contributed by atoms with van der Waals surface area (Å²) >= 11 is 0. The van der Waals surface area contributed by atoms with E-state index in [9.17, 15) is 26.4 Å². The first kappa shape index (κ1) is 27.7. The molecule has 1 aromatic rings. The highest BCUT2D eigenvalue weighted by Crippen LogP contribution is 2.14. The first-order valence-electron chi connectivity index (χ1n) is 9.84. The Hall–Kier alpha value is -2.38. The third-order valence-electron chi connectivity index (χ3n) is 4.45. The van der Waals surface area contributed by atoms with Crippen LogP contribution in [0.15, 0.2) is 24.3 Å². The van der Waals surface area contributed by atoms with Crippen molar-refractivity contribution in [3.8, 4) is 5.75 Å². The number of sulfonamides is 1. The van der Waals surface area contributed by atoms with E-state index in [0.717, 1.165) is 6.42 Å². The Kier molecular flexibility index (Phi) is 10.9. The van der Waals surface area contributed by atoms with E-state index in [1.165, 1.54) is 4.31 Å². The van der Waals surface area contributed by atoms with Crippen LogP contribution in [0.3, 0.4) is 0 Å². The second kappa shape index (κ2) is 12.6. The summed E-state index contributed by atoms with van der Waals surface area (Å²) in [6.07, 6.45) is -4.31. The summed E-state index contributed by atoms with van der Waals surface area (Å²) in [5, 5.41) is 10.3. The molecule has 1 fully saturated rings. The number of halogens is 3. The molecule has 182 valence electrons. The summed E-state index contributed by atoms with van der Waals surface area (Å²) in [5.74, 6) is -2.28. The molecule has 1 aliphatic heterocycles. The van der Waals surface area contributed by atoms with E-state index in [-0.39, 0.29) is 18.2 Å². The van der Waals surface area contributed by atoms with Gasteiger partial charge in [-0.2, -0.15) is 17.5 Å². The van der Waals surface area contributed by atoms with Crippen LogP contribution in [0.5, 0.6) is 5.75 Å². The van der Waals surface area contributed by atoms with E-state index >= 15 is 0 Å². The van der Waals surface area contributed by atoms with Crippen LogP contribution in [0.1, 0.15) is 23.7 Å². The number of carbonyl (C=O) groups is 2. The maximum atomic E-state index is 12.7. The number of methoxy groups -OCH3 is 1. The van der Waals surface area contributed by atoms with E-state index in [2.05, 4.69) is 5.32 Å². The van der Waals surface area contributed by atoms with Crippen LogP contribution >= 0.6 is 0 Å². The smallest absolute Gasteiger partial charge is 0.490 e. The van der Waals surface area contributed by atoms with Crippen molar-refractivity contribution < 1.29 is 41.0 Å². The maximum absolute atomic E-state index is 12.7. The molecule has 0 atom stereocenters. The number of carboxylic acids is 1. The largest absolute Gasteiger partial charge is 0.497 e. The second-order valence-corrected chi connectivity index (χ2v) is 8.88. The molecule has 0 spiro atoms. The highest BCUT2D eigenvalue weighted by atomic mass is 32.2. The molecule has 0 bridgehead atoms. The van der Waals surface area contributed by atoms with E-state index in [1.54, 1.807) is 36.3 Å². The summed E-state index contributed by atoms with van der Waals surface area (Å²) in [6.45, 7) is 5.02. The SMILES string of the molecule is CCCN(CCS(=O)(=O)N1CCNCC1)C(=O)c1ccc(OC)cc1.O=C(O)C(F)(F)F. The van der Waals surface area contributed by atoms with Crippen LogP contribution in [-0.2, 0) is 14.8 Å². The van der Waals surface area contributed by atoms with Gasteiger partial charge < -0.3 is 20.1 Å².